The van der Waals surface area contributed by atoms with Gasteiger partial charge in [0.2, 0.25) is 5.91 Å². The number of hydrogen-bond acceptors (Lipinski definition) is 3. The molecule has 1 unspecified atom stereocenters. The second kappa shape index (κ2) is 5.77. The summed E-state index contributed by atoms with van der Waals surface area (Å²) >= 11 is 0. The maximum Gasteiger partial charge on any atom is 0.223 e. The third kappa shape index (κ3) is 3.27. The van der Waals surface area contributed by atoms with E-state index in [1.54, 1.807) is 12.4 Å². The molecule has 0 aliphatic carbocycles. The zero-order valence-corrected chi connectivity index (χ0v) is 10.1. The molecule has 1 aliphatic heterocycles. The summed E-state index contributed by atoms with van der Waals surface area (Å²) in [4.78, 5) is 16.0. The van der Waals surface area contributed by atoms with E-state index in [4.69, 9.17) is 4.74 Å². The number of nitrogens with zero attached hydrogens (tertiary/aromatic N) is 1. The van der Waals surface area contributed by atoms with Gasteiger partial charge in [-0.25, -0.2) is 0 Å². The van der Waals surface area contributed by atoms with Crippen molar-refractivity contribution in [1.82, 2.24) is 10.3 Å². The molecular weight excluding hydrogens is 216 g/mol. The molecule has 92 valence electrons. The van der Waals surface area contributed by atoms with Crippen molar-refractivity contribution in [3.63, 3.8) is 0 Å². The Labute approximate surface area is 101 Å². The van der Waals surface area contributed by atoms with Crippen molar-refractivity contribution in [2.75, 3.05) is 13.2 Å². The first-order valence-electron chi connectivity index (χ1n) is 6.05. The van der Waals surface area contributed by atoms with Crippen molar-refractivity contribution in [3.05, 3.63) is 30.1 Å². The monoisotopic (exact) mass is 234 g/mol. The van der Waals surface area contributed by atoms with Crippen molar-refractivity contribution < 1.29 is 9.53 Å². The standard InChI is InChI=1S/C13H18N2O2/c1-10(12-3-2-6-14-9-12)15-13(16)11-4-7-17-8-5-11/h2-3,6,9-11H,4-5,7-8H2,1H3,(H,15,16). The number of aromatic nitrogens is 1. The van der Waals surface area contributed by atoms with Crippen LogP contribution in [0.15, 0.2) is 24.5 Å². The quantitative estimate of drug-likeness (QED) is 0.865. The molecule has 0 radical (unpaired) electrons. The molecule has 0 bridgehead atoms. The van der Waals surface area contributed by atoms with E-state index in [1.807, 2.05) is 19.1 Å². The van der Waals surface area contributed by atoms with Gasteiger partial charge in [0.25, 0.3) is 0 Å². The van der Waals surface area contributed by atoms with Crippen LogP contribution in [0.5, 0.6) is 0 Å². The van der Waals surface area contributed by atoms with Crippen LogP contribution in [0.2, 0.25) is 0 Å². The summed E-state index contributed by atoms with van der Waals surface area (Å²) in [5, 5.41) is 3.03. The maximum absolute atomic E-state index is 12.0. The van der Waals surface area contributed by atoms with Crippen LogP contribution in [0.3, 0.4) is 0 Å². The Morgan fingerprint density at radius 1 is 1.53 bits per heavy atom. The predicted molar refractivity (Wildman–Crippen MR) is 64.3 cm³/mol. The molecule has 0 spiro atoms. The fraction of sp³-hybridized carbons (Fsp3) is 0.538. The highest BCUT2D eigenvalue weighted by Crippen LogP contribution is 2.17. The molecule has 17 heavy (non-hydrogen) atoms. The Hall–Kier alpha value is -1.42. The molecule has 0 aromatic carbocycles. The van der Waals surface area contributed by atoms with Crippen molar-refractivity contribution in [3.8, 4) is 0 Å². The van der Waals surface area contributed by atoms with Crippen molar-refractivity contribution in [1.29, 1.82) is 0 Å². The van der Waals surface area contributed by atoms with Gasteiger partial charge in [0.15, 0.2) is 0 Å². The maximum atomic E-state index is 12.0. The minimum absolute atomic E-state index is 0.0130. The van der Waals surface area contributed by atoms with Gasteiger partial charge >= 0.3 is 0 Å². The van der Waals surface area contributed by atoms with E-state index in [1.165, 1.54) is 0 Å². The smallest absolute Gasteiger partial charge is 0.223 e. The Balaban J connectivity index is 1.89. The van der Waals surface area contributed by atoms with Gasteiger partial charge in [-0.2, -0.15) is 0 Å². The van der Waals surface area contributed by atoms with E-state index in [0.29, 0.717) is 13.2 Å². The summed E-state index contributed by atoms with van der Waals surface area (Å²) in [5.74, 6) is 0.229. The largest absolute Gasteiger partial charge is 0.381 e. The number of carbonyl (C=O) groups excluding carboxylic acids is 1. The molecule has 1 aromatic rings. The van der Waals surface area contributed by atoms with Gasteiger partial charge in [0, 0.05) is 31.5 Å². The summed E-state index contributed by atoms with van der Waals surface area (Å²) < 4.78 is 5.25. The zero-order chi connectivity index (χ0) is 12.1. The van der Waals surface area contributed by atoms with Crippen molar-refractivity contribution in [2.45, 2.75) is 25.8 Å². The highest BCUT2D eigenvalue weighted by molar-refractivity contribution is 5.79. The van der Waals surface area contributed by atoms with E-state index < -0.39 is 0 Å². The number of amides is 1. The summed E-state index contributed by atoms with van der Waals surface area (Å²) in [6.45, 7) is 3.37. The molecule has 1 N–H and O–H groups in total. The average Bonchev–Trinajstić information content (AvgIpc) is 2.40. The Morgan fingerprint density at radius 3 is 2.94 bits per heavy atom. The minimum atomic E-state index is 0.0130. The number of pyridine rings is 1. The molecule has 2 heterocycles. The Kier molecular flexibility index (Phi) is 4.09. The SMILES string of the molecule is CC(NC(=O)C1CCOCC1)c1cccnc1. The molecule has 1 amide bonds. The number of rotatable bonds is 3. The van der Waals surface area contributed by atoms with Crippen LogP contribution in [0.4, 0.5) is 0 Å². The van der Waals surface area contributed by atoms with Crippen LogP contribution in [-0.4, -0.2) is 24.1 Å². The van der Waals surface area contributed by atoms with Gasteiger partial charge in [0.1, 0.15) is 0 Å². The lowest BCUT2D eigenvalue weighted by Crippen LogP contribution is -2.35. The van der Waals surface area contributed by atoms with Crippen molar-refractivity contribution in [2.24, 2.45) is 5.92 Å². The van der Waals surface area contributed by atoms with E-state index in [-0.39, 0.29) is 17.9 Å². The third-order valence-corrected chi connectivity index (χ3v) is 3.14. The minimum Gasteiger partial charge on any atom is -0.381 e. The average molecular weight is 234 g/mol. The van der Waals surface area contributed by atoms with Crippen LogP contribution < -0.4 is 5.32 Å². The molecule has 1 fully saturated rings. The number of carbonyl (C=O) groups is 1. The molecule has 1 saturated heterocycles. The lowest BCUT2D eigenvalue weighted by Gasteiger charge is -2.23. The molecular formula is C13H18N2O2. The molecule has 4 heteroatoms. The summed E-state index contributed by atoms with van der Waals surface area (Å²) in [7, 11) is 0. The molecule has 1 aliphatic rings. The summed E-state index contributed by atoms with van der Waals surface area (Å²) in [6.07, 6.45) is 5.17. The van der Waals surface area contributed by atoms with Gasteiger partial charge < -0.3 is 10.1 Å². The van der Waals surface area contributed by atoms with Gasteiger partial charge in [-0.15, -0.1) is 0 Å². The Morgan fingerprint density at radius 2 is 2.29 bits per heavy atom. The second-order valence-electron chi connectivity index (χ2n) is 4.40. The van der Waals surface area contributed by atoms with E-state index in [2.05, 4.69) is 10.3 Å². The number of hydrogen-bond donors (Lipinski definition) is 1. The van der Waals surface area contributed by atoms with E-state index in [9.17, 15) is 4.79 Å². The number of nitrogens with one attached hydrogen (secondary N) is 1. The molecule has 1 aromatic heterocycles. The van der Waals surface area contributed by atoms with Crippen LogP contribution >= 0.6 is 0 Å². The molecule has 2 rings (SSSR count). The van der Waals surface area contributed by atoms with Gasteiger partial charge in [-0.05, 0) is 31.4 Å². The van der Waals surface area contributed by atoms with Crippen LogP contribution in [-0.2, 0) is 9.53 Å². The first-order valence-corrected chi connectivity index (χ1v) is 6.05. The van der Waals surface area contributed by atoms with E-state index >= 15 is 0 Å². The predicted octanol–water partition coefficient (Wildman–Crippen LogP) is 1.69. The van der Waals surface area contributed by atoms with Gasteiger partial charge in [-0.1, -0.05) is 6.07 Å². The molecule has 0 saturated carbocycles. The second-order valence-corrected chi connectivity index (χ2v) is 4.40. The topological polar surface area (TPSA) is 51.2 Å². The first kappa shape index (κ1) is 12.0. The van der Waals surface area contributed by atoms with Crippen LogP contribution in [0.1, 0.15) is 31.4 Å². The molecule has 4 nitrogen and oxygen atoms in total. The highest BCUT2D eigenvalue weighted by atomic mass is 16.5. The lowest BCUT2D eigenvalue weighted by atomic mass is 9.98. The van der Waals surface area contributed by atoms with Gasteiger partial charge in [0.05, 0.1) is 6.04 Å². The fourth-order valence-electron chi connectivity index (χ4n) is 2.01. The third-order valence-electron chi connectivity index (χ3n) is 3.14. The van der Waals surface area contributed by atoms with Crippen LogP contribution in [0, 0.1) is 5.92 Å². The highest BCUT2D eigenvalue weighted by Gasteiger charge is 2.22. The van der Waals surface area contributed by atoms with Gasteiger partial charge in [-0.3, -0.25) is 9.78 Å². The first-order chi connectivity index (χ1) is 8.27. The van der Waals surface area contributed by atoms with Crippen molar-refractivity contribution >= 4 is 5.91 Å². The number of ether oxygens (including phenoxy) is 1. The van der Waals surface area contributed by atoms with Crippen LogP contribution in [0.25, 0.3) is 0 Å². The lowest BCUT2D eigenvalue weighted by molar-refractivity contribution is -0.128. The Bertz CT molecular complexity index is 361. The van der Waals surface area contributed by atoms with E-state index in [0.717, 1.165) is 18.4 Å². The summed E-state index contributed by atoms with van der Waals surface area (Å²) in [6, 6.07) is 3.87. The zero-order valence-electron chi connectivity index (χ0n) is 10.1. The summed E-state index contributed by atoms with van der Waals surface area (Å²) in [5.41, 5.74) is 1.04. The fourth-order valence-corrected chi connectivity index (χ4v) is 2.01. The normalized spacial score (nSPS) is 18.6. The molecule has 1 atom stereocenters.